The van der Waals surface area contributed by atoms with Crippen molar-refractivity contribution in [2.24, 2.45) is 0 Å². The standard InChI is InChI=1S/C22H20N2O/c25-22-23(14-16-6-2-1-3-7-16)15-18-11-12-20-19-9-5-4-8-17(19)10-13-21(20)24(18)22/h1-10,13,18H,11-12,14-15H2. The van der Waals surface area contributed by atoms with Gasteiger partial charge >= 0.3 is 6.03 Å². The Kier molecular flexibility index (Phi) is 3.27. The van der Waals surface area contributed by atoms with Crippen LogP contribution in [0.2, 0.25) is 0 Å². The Morgan fingerprint density at radius 1 is 0.920 bits per heavy atom. The van der Waals surface area contributed by atoms with E-state index in [2.05, 4.69) is 48.5 Å². The van der Waals surface area contributed by atoms with Crippen LogP contribution in [0, 0.1) is 0 Å². The maximum absolute atomic E-state index is 13.1. The molecule has 5 rings (SSSR count). The summed E-state index contributed by atoms with van der Waals surface area (Å²) < 4.78 is 0. The largest absolute Gasteiger partial charge is 0.325 e. The molecule has 2 heterocycles. The molecular formula is C22H20N2O. The van der Waals surface area contributed by atoms with Gasteiger partial charge in [-0.25, -0.2) is 4.79 Å². The van der Waals surface area contributed by atoms with Crippen LogP contribution < -0.4 is 4.90 Å². The first-order chi connectivity index (χ1) is 12.3. The lowest BCUT2D eigenvalue weighted by Crippen LogP contribution is -2.38. The molecule has 0 radical (unpaired) electrons. The van der Waals surface area contributed by atoms with Crippen LogP contribution >= 0.6 is 0 Å². The fourth-order valence-electron chi connectivity index (χ4n) is 4.30. The molecule has 0 N–H and O–H groups in total. The number of hydrogen-bond acceptors (Lipinski definition) is 1. The van der Waals surface area contributed by atoms with Gasteiger partial charge in [0.1, 0.15) is 0 Å². The molecule has 124 valence electrons. The second-order valence-electron chi connectivity index (χ2n) is 7.00. The quantitative estimate of drug-likeness (QED) is 0.674. The van der Waals surface area contributed by atoms with E-state index in [4.69, 9.17) is 0 Å². The molecule has 3 heteroatoms. The Bertz CT molecular complexity index is 951. The van der Waals surface area contributed by atoms with E-state index in [9.17, 15) is 4.79 Å². The van der Waals surface area contributed by atoms with Crippen LogP contribution in [0.4, 0.5) is 10.5 Å². The number of urea groups is 1. The predicted molar refractivity (Wildman–Crippen MR) is 101 cm³/mol. The summed E-state index contributed by atoms with van der Waals surface area (Å²) in [6.07, 6.45) is 2.09. The lowest BCUT2D eigenvalue weighted by molar-refractivity contribution is 0.218. The van der Waals surface area contributed by atoms with Gasteiger partial charge < -0.3 is 4.90 Å². The van der Waals surface area contributed by atoms with Crippen molar-refractivity contribution in [1.29, 1.82) is 0 Å². The number of carbonyl (C=O) groups excluding carboxylic acids is 1. The fourth-order valence-corrected chi connectivity index (χ4v) is 4.30. The van der Waals surface area contributed by atoms with Gasteiger partial charge in [-0.15, -0.1) is 0 Å². The molecule has 25 heavy (non-hydrogen) atoms. The first-order valence-corrected chi connectivity index (χ1v) is 8.94. The Balaban J connectivity index is 1.51. The van der Waals surface area contributed by atoms with Crippen LogP contribution in [0.3, 0.4) is 0 Å². The smallest absolute Gasteiger partial charge is 0.318 e. The van der Waals surface area contributed by atoms with E-state index in [0.717, 1.165) is 25.1 Å². The van der Waals surface area contributed by atoms with Crippen LogP contribution in [0.25, 0.3) is 10.8 Å². The fraction of sp³-hybridized carbons (Fsp3) is 0.227. The van der Waals surface area contributed by atoms with Crippen molar-refractivity contribution in [3.63, 3.8) is 0 Å². The highest BCUT2D eigenvalue weighted by Gasteiger charge is 2.41. The molecule has 0 bridgehead atoms. The number of nitrogens with zero attached hydrogens (tertiary/aromatic N) is 2. The van der Waals surface area contributed by atoms with Gasteiger partial charge in [-0.05, 0) is 40.8 Å². The summed E-state index contributed by atoms with van der Waals surface area (Å²) in [5.41, 5.74) is 3.62. The Hall–Kier alpha value is -2.81. The molecular weight excluding hydrogens is 308 g/mol. The minimum Gasteiger partial charge on any atom is -0.318 e. The molecule has 3 aromatic rings. The van der Waals surface area contributed by atoms with Crippen molar-refractivity contribution in [1.82, 2.24) is 4.90 Å². The topological polar surface area (TPSA) is 23.6 Å². The summed E-state index contributed by atoms with van der Waals surface area (Å²) in [5.74, 6) is 0. The first kappa shape index (κ1) is 14.5. The average Bonchev–Trinajstić information content (AvgIpc) is 2.98. The highest BCUT2D eigenvalue weighted by Crippen LogP contribution is 2.39. The molecule has 0 aliphatic carbocycles. The van der Waals surface area contributed by atoms with E-state index in [1.54, 1.807) is 0 Å². The molecule has 3 aromatic carbocycles. The SMILES string of the molecule is O=C1N(Cc2ccccc2)CC2CCc3c(ccc4ccccc34)N12. The summed E-state index contributed by atoms with van der Waals surface area (Å²) in [7, 11) is 0. The molecule has 1 saturated heterocycles. The van der Waals surface area contributed by atoms with E-state index in [1.807, 2.05) is 28.0 Å². The molecule has 2 aliphatic rings. The third-order valence-corrected chi connectivity index (χ3v) is 5.49. The van der Waals surface area contributed by atoms with Gasteiger partial charge in [0, 0.05) is 18.8 Å². The van der Waals surface area contributed by atoms with E-state index in [0.29, 0.717) is 12.6 Å². The maximum Gasteiger partial charge on any atom is 0.325 e. The minimum absolute atomic E-state index is 0.144. The van der Waals surface area contributed by atoms with E-state index < -0.39 is 0 Å². The number of rotatable bonds is 2. The van der Waals surface area contributed by atoms with E-state index in [-0.39, 0.29) is 6.03 Å². The van der Waals surface area contributed by atoms with Crippen molar-refractivity contribution in [2.45, 2.75) is 25.4 Å². The minimum atomic E-state index is 0.144. The monoisotopic (exact) mass is 328 g/mol. The second-order valence-corrected chi connectivity index (χ2v) is 7.00. The first-order valence-electron chi connectivity index (χ1n) is 8.94. The second kappa shape index (κ2) is 5.62. The molecule has 0 aromatic heterocycles. The van der Waals surface area contributed by atoms with Crippen molar-refractivity contribution >= 4 is 22.5 Å². The predicted octanol–water partition coefficient (Wildman–Crippen LogP) is 4.60. The summed E-state index contributed by atoms with van der Waals surface area (Å²) in [6.45, 7) is 1.51. The van der Waals surface area contributed by atoms with Gasteiger partial charge in [0.25, 0.3) is 0 Å². The zero-order valence-corrected chi connectivity index (χ0v) is 14.1. The molecule has 0 saturated carbocycles. The molecule has 2 amide bonds. The Morgan fingerprint density at radius 3 is 2.60 bits per heavy atom. The number of anilines is 1. The lowest BCUT2D eigenvalue weighted by Gasteiger charge is -2.31. The molecule has 1 fully saturated rings. The molecule has 3 nitrogen and oxygen atoms in total. The highest BCUT2D eigenvalue weighted by molar-refractivity contribution is 6.00. The van der Waals surface area contributed by atoms with Gasteiger partial charge in [0.15, 0.2) is 0 Å². The number of carbonyl (C=O) groups is 1. The number of fused-ring (bicyclic) bond motifs is 5. The van der Waals surface area contributed by atoms with Crippen LogP contribution in [0.1, 0.15) is 17.5 Å². The molecule has 1 atom stereocenters. The van der Waals surface area contributed by atoms with Crippen molar-refractivity contribution < 1.29 is 4.79 Å². The van der Waals surface area contributed by atoms with Crippen LogP contribution in [-0.2, 0) is 13.0 Å². The maximum atomic E-state index is 13.1. The summed E-state index contributed by atoms with van der Waals surface area (Å²) in [6, 6.07) is 23.5. The third-order valence-electron chi connectivity index (χ3n) is 5.49. The zero-order valence-electron chi connectivity index (χ0n) is 14.1. The van der Waals surface area contributed by atoms with Crippen molar-refractivity contribution in [2.75, 3.05) is 11.4 Å². The zero-order chi connectivity index (χ0) is 16.8. The number of benzene rings is 3. The number of amides is 2. The number of aryl methyl sites for hydroxylation is 1. The molecule has 2 aliphatic heterocycles. The van der Waals surface area contributed by atoms with Gasteiger partial charge in [-0.3, -0.25) is 4.90 Å². The Labute approximate surface area is 147 Å². The normalized spacial score (nSPS) is 19.2. The third kappa shape index (κ3) is 2.30. The van der Waals surface area contributed by atoms with Gasteiger partial charge in [0.2, 0.25) is 0 Å². The van der Waals surface area contributed by atoms with Crippen molar-refractivity contribution in [3.05, 3.63) is 77.9 Å². The average molecular weight is 328 g/mol. The summed E-state index contributed by atoms with van der Waals surface area (Å²) >= 11 is 0. The van der Waals surface area contributed by atoms with Gasteiger partial charge in [0.05, 0.1) is 6.04 Å². The molecule has 1 unspecified atom stereocenters. The Morgan fingerprint density at radius 2 is 1.72 bits per heavy atom. The lowest BCUT2D eigenvalue weighted by atomic mass is 9.92. The van der Waals surface area contributed by atoms with Crippen molar-refractivity contribution in [3.8, 4) is 0 Å². The van der Waals surface area contributed by atoms with Gasteiger partial charge in [-0.1, -0.05) is 60.7 Å². The van der Waals surface area contributed by atoms with Crippen LogP contribution in [0.15, 0.2) is 66.7 Å². The summed E-state index contributed by atoms with van der Waals surface area (Å²) in [5, 5.41) is 2.54. The van der Waals surface area contributed by atoms with Gasteiger partial charge in [-0.2, -0.15) is 0 Å². The van der Waals surface area contributed by atoms with Crippen LogP contribution in [-0.4, -0.2) is 23.5 Å². The molecule has 0 spiro atoms. The summed E-state index contributed by atoms with van der Waals surface area (Å²) in [4.78, 5) is 17.1. The number of hydrogen-bond donors (Lipinski definition) is 0. The van der Waals surface area contributed by atoms with Crippen LogP contribution in [0.5, 0.6) is 0 Å². The van der Waals surface area contributed by atoms with E-state index >= 15 is 0 Å². The highest BCUT2D eigenvalue weighted by atomic mass is 16.2. The van der Waals surface area contributed by atoms with E-state index in [1.165, 1.54) is 21.9 Å².